The summed E-state index contributed by atoms with van der Waals surface area (Å²) in [7, 11) is 1.46. The molecule has 2 aliphatic rings. The molecule has 5 nitrogen and oxygen atoms in total. The summed E-state index contributed by atoms with van der Waals surface area (Å²) in [5.74, 6) is 1.01. The van der Waals surface area contributed by atoms with E-state index in [1.165, 1.54) is 23.9 Å². The number of anilines is 1. The second-order valence-corrected chi connectivity index (χ2v) is 6.90. The average Bonchev–Trinajstić information content (AvgIpc) is 3.16. The lowest BCUT2D eigenvalue weighted by Crippen LogP contribution is -2.29. The Morgan fingerprint density at radius 2 is 2.15 bits per heavy atom. The van der Waals surface area contributed by atoms with Crippen molar-refractivity contribution in [2.24, 2.45) is 5.92 Å². The number of benzene rings is 2. The summed E-state index contributed by atoms with van der Waals surface area (Å²) >= 11 is 0. The number of hydrogen-bond donors (Lipinski definition) is 1. The maximum atomic E-state index is 11.4. The highest BCUT2D eigenvalue weighted by atomic mass is 16.6. The van der Waals surface area contributed by atoms with E-state index in [0.717, 1.165) is 18.4 Å². The Bertz CT molecular complexity index is 891. The quantitative estimate of drug-likeness (QED) is 0.479. The Kier molecular flexibility index (Phi) is 4.15. The smallest absolute Gasteiger partial charge is 0.311 e. The van der Waals surface area contributed by atoms with Crippen LogP contribution in [0.5, 0.6) is 5.75 Å². The van der Waals surface area contributed by atoms with Crippen LogP contribution in [0, 0.1) is 16.0 Å². The highest BCUT2D eigenvalue weighted by Gasteiger charge is 2.39. The van der Waals surface area contributed by atoms with Crippen molar-refractivity contribution >= 4 is 11.4 Å². The number of nitro groups is 1. The van der Waals surface area contributed by atoms with E-state index < -0.39 is 0 Å². The van der Waals surface area contributed by atoms with Gasteiger partial charge in [0.15, 0.2) is 5.75 Å². The van der Waals surface area contributed by atoms with Crippen LogP contribution in [0.4, 0.5) is 11.4 Å². The predicted molar refractivity (Wildman–Crippen MR) is 102 cm³/mol. The Hall–Kier alpha value is -2.82. The number of hydrogen-bond acceptors (Lipinski definition) is 4. The maximum absolute atomic E-state index is 11.4. The van der Waals surface area contributed by atoms with E-state index in [2.05, 4.69) is 42.6 Å². The Labute approximate surface area is 152 Å². The zero-order valence-corrected chi connectivity index (χ0v) is 14.9. The lowest BCUT2D eigenvalue weighted by atomic mass is 9.76. The second-order valence-electron chi connectivity index (χ2n) is 6.90. The van der Waals surface area contributed by atoms with Crippen molar-refractivity contribution in [3.05, 3.63) is 75.4 Å². The minimum absolute atomic E-state index is 0.0175. The number of nitrogens with one attached hydrogen (secondary N) is 1. The second kappa shape index (κ2) is 6.48. The summed E-state index contributed by atoms with van der Waals surface area (Å²) < 4.78 is 5.15. The van der Waals surface area contributed by atoms with E-state index in [-0.39, 0.29) is 16.7 Å². The van der Waals surface area contributed by atoms with Gasteiger partial charge in [-0.2, -0.15) is 0 Å². The number of allylic oxidation sites excluding steroid dienone is 2. The Balaban J connectivity index is 1.80. The Morgan fingerprint density at radius 1 is 1.31 bits per heavy atom. The molecule has 0 spiro atoms. The molecular formula is C21H22N2O3. The van der Waals surface area contributed by atoms with E-state index >= 15 is 0 Å². The van der Waals surface area contributed by atoms with Gasteiger partial charge in [0.1, 0.15) is 0 Å². The fourth-order valence-corrected chi connectivity index (χ4v) is 4.35. The lowest BCUT2D eigenvalue weighted by molar-refractivity contribution is -0.385. The molecule has 2 aromatic carbocycles. The molecule has 1 heterocycles. The highest BCUT2D eigenvalue weighted by molar-refractivity contribution is 5.65. The minimum atomic E-state index is -0.374. The van der Waals surface area contributed by atoms with Gasteiger partial charge in [-0.3, -0.25) is 10.1 Å². The van der Waals surface area contributed by atoms with Crippen molar-refractivity contribution in [2.75, 3.05) is 12.4 Å². The molecule has 3 atom stereocenters. The number of rotatable bonds is 4. The van der Waals surface area contributed by atoms with Gasteiger partial charge in [0, 0.05) is 17.7 Å². The predicted octanol–water partition coefficient (Wildman–Crippen LogP) is 4.99. The highest BCUT2D eigenvalue weighted by Crippen LogP contribution is 2.51. The summed E-state index contributed by atoms with van der Waals surface area (Å²) in [5.41, 5.74) is 4.76. The standard InChI is InChI=1S/C21H22N2O3/c1-3-13-6-4-8-16-15-7-5-9-17(15)21(22-20(13)16)14-10-11-19(26-2)18(12-14)23(24)25/h4-8,10-12,15,17,21-22H,3,9H2,1-2H3/t15-,17+,21-/m1/s1. The van der Waals surface area contributed by atoms with Gasteiger partial charge in [-0.05, 0) is 41.5 Å². The summed E-state index contributed by atoms with van der Waals surface area (Å²) in [5, 5.41) is 15.1. The summed E-state index contributed by atoms with van der Waals surface area (Å²) in [6, 6.07) is 11.8. The first-order valence-electron chi connectivity index (χ1n) is 9.01. The number of para-hydroxylation sites is 1. The first-order valence-corrected chi connectivity index (χ1v) is 9.01. The first kappa shape index (κ1) is 16.6. The SMILES string of the molecule is CCc1cccc2c1N[C@H](c1ccc(OC)c([N+](=O)[O-])c1)[C@H]1CC=C[C@H]21. The van der Waals surface area contributed by atoms with Crippen LogP contribution < -0.4 is 10.1 Å². The molecule has 0 amide bonds. The van der Waals surface area contributed by atoms with Gasteiger partial charge in [0.05, 0.1) is 18.1 Å². The van der Waals surface area contributed by atoms with Crippen LogP contribution in [-0.2, 0) is 6.42 Å². The molecule has 0 saturated heterocycles. The van der Waals surface area contributed by atoms with Gasteiger partial charge in [-0.25, -0.2) is 0 Å². The van der Waals surface area contributed by atoms with Crippen LogP contribution in [0.3, 0.4) is 0 Å². The van der Waals surface area contributed by atoms with Crippen molar-refractivity contribution in [1.82, 2.24) is 0 Å². The third-order valence-corrected chi connectivity index (χ3v) is 5.62. The maximum Gasteiger partial charge on any atom is 0.311 e. The van der Waals surface area contributed by atoms with Gasteiger partial charge in [0.25, 0.3) is 0 Å². The number of fused-ring (bicyclic) bond motifs is 3. The number of aryl methyl sites for hydroxylation is 1. The Morgan fingerprint density at radius 3 is 2.88 bits per heavy atom. The van der Waals surface area contributed by atoms with E-state index in [0.29, 0.717) is 17.6 Å². The van der Waals surface area contributed by atoms with Gasteiger partial charge >= 0.3 is 5.69 Å². The van der Waals surface area contributed by atoms with Crippen molar-refractivity contribution < 1.29 is 9.66 Å². The molecule has 0 fully saturated rings. The number of nitro benzene ring substituents is 1. The molecule has 1 N–H and O–H groups in total. The first-order chi connectivity index (χ1) is 12.6. The fraction of sp³-hybridized carbons (Fsp3) is 0.333. The van der Waals surface area contributed by atoms with E-state index in [4.69, 9.17) is 4.74 Å². The molecule has 0 radical (unpaired) electrons. The fourth-order valence-electron chi connectivity index (χ4n) is 4.35. The van der Waals surface area contributed by atoms with Gasteiger partial charge in [-0.15, -0.1) is 0 Å². The molecule has 1 aliphatic heterocycles. The van der Waals surface area contributed by atoms with Crippen molar-refractivity contribution in [1.29, 1.82) is 0 Å². The summed E-state index contributed by atoms with van der Waals surface area (Å²) in [6.07, 6.45) is 6.44. The van der Waals surface area contributed by atoms with E-state index in [1.807, 2.05) is 6.07 Å². The zero-order chi connectivity index (χ0) is 18.3. The number of methoxy groups -OCH3 is 1. The molecule has 0 saturated carbocycles. The third kappa shape index (κ3) is 2.55. The van der Waals surface area contributed by atoms with Crippen LogP contribution >= 0.6 is 0 Å². The molecule has 1 aliphatic carbocycles. The molecule has 26 heavy (non-hydrogen) atoms. The largest absolute Gasteiger partial charge is 0.490 e. The monoisotopic (exact) mass is 350 g/mol. The van der Waals surface area contributed by atoms with Crippen LogP contribution in [0.15, 0.2) is 48.6 Å². The molecular weight excluding hydrogens is 328 g/mol. The van der Waals surface area contributed by atoms with Crippen LogP contribution in [0.1, 0.15) is 42.0 Å². The van der Waals surface area contributed by atoms with Crippen molar-refractivity contribution in [3.8, 4) is 5.75 Å². The van der Waals surface area contributed by atoms with Gasteiger partial charge < -0.3 is 10.1 Å². The topological polar surface area (TPSA) is 64.4 Å². The van der Waals surface area contributed by atoms with E-state index in [1.54, 1.807) is 12.1 Å². The average molecular weight is 350 g/mol. The number of ether oxygens (including phenoxy) is 1. The molecule has 0 unspecified atom stereocenters. The molecule has 0 bridgehead atoms. The van der Waals surface area contributed by atoms with Crippen LogP contribution in [0.25, 0.3) is 0 Å². The zero-order valence-electron chi connectivity index (χ0n) is 14.9. The normalized spacial score (nSPS) is 23.1. The third-order valence-electron chi connectivity index (χ3n) is 5.62. The van der Waals surface area contributed by atoms with Crippen molar-refractivity contribution in [2.45, 2.75) is 31.7 Å². The van der Waals surface area contributed by atoms with Gasteiger partial charge in [-0.1, -0.05) is 43.3 Å². The molecule has 0 aromatic heterocycles. The molecule has 134 valence electrons. The van der Waals surface area contributed by atoms with Gasteiger partial charge in [0.2, 0.25) is 0 Å². The van der Waals surface area contributed by atoms with E-state index in [9.17, 15) is 10.1 Å². The van der Waals surface area contributed by atoms with Crippen molar-refractivity contribution in [3.63, 3.8) is 0 Å². The molecule has 4 rings (SSSR count). The molecule has 5 heteroatoms. The molecule has 2 aromatic rings. The van der Waals surface area contributed by atoms with Crippen LogP contribution in [0.2, 0.25) is 0 Å². The minimum Gasteiger partial charge on any atom is -0.490 e. The van der Waals surface area contributed by atoms with Crippen LogP contribution in [-0.4, -0.2) is 12.0 Å². The summed E-state index contributed by atoms with van der Waals surface area (Å²) in [6.45, 7) is 2.15. The lowest BCUT2D eigenvalue weighted by Gasteiger charge is -2.38. The summed E-state index contributed by atoms with van der Waals surface area (Å²) in [4.78, 5) is 11.1. The number of nitrogens with zero attached hydrogens (tertiary/aromatic N) is 1.